The number of para-hydroxylation sites is 1. The van der Waals surface area contributed by atoms with Crippen LogP contribution in [0.25, 0.3) is 10.9 Å². The molecule has 1 aromatic carbocycles. The maximum atomic E-state index is 2.61. The Morgan fingerprint density at radius 1 is 1.17 bits per heavy atom. The predicted molar refractivity (Wildman–Crippen MR) is 76.1 cm³/mol. The van der Waals surface area contributed by atoms with Gasteiger partial charge in [0.15, 0.2) is 0 Å². The second-order valence-electron chi connectivity index (χ2n) is 6.42. The third-order valence-electron chi connectivity index (χ3n) is 5.00. The molecule has 1 nitrogen and oxygen atoms in total. The molecule has 2 atom stereocenters. The van der Waals surface area contributed by atoms with E-state index in [1.807, 2.05) is 0 Å². The molecule has 1 heteroatoms. The highest BCUT2D eigenvalue weighted by atomic mass is 15.0. The van der Waals surface area contributed by atoms with Crippen LogP contribution in [0, 0.1) is 5.92 Å². The lowest BCUT2D eigenvalue weighted by Crippen LogP contribution is -2.15. The second kappa shape index (κ2) is 3.63. The van der Waals surface area contributed by atoms with E-state index in [2.05, 4.69) is 42.7 Å². The van der Waals surface area contributed by atoms with Crippen molar-refractivity contribution in [3.63, 3.8) is 0 Å². The number of hydrogen-bond donors (Lipinski definition) is 0. The standard InChI is InChI=1S/C17H21N/c1-11(2)18-15-6-4-3-5-14(15)17-13-8-7-12(9-13)10-16(17)18/h3-6,11-13H,7-10H2,1-2H3. The van der Waals surface area contributed by atoms with E-state index >= 15 is 0 Å². The maximum Gasteiger partial charge on any atom is 0.0487 e. The summed E-state index contributed by atoms with van der Waals surface area (Å²) in [5, 5.41) is 1.53. The first kappa shape index (κ1) is 10.7. The number of benzene rings is 1. The minimum atomic E-state index is 0.580. The molecule has 1 heterocycles. The lowest BCUT2D eigenvalue weighted by atomic mass is 9.85. The minimum Gasteiger partial charge on any atom is -0.342 e. The largest absolute Gasteiger partial charge is 0.342 e. The Morgan fingerprint density at radius 3 is 2.83 bits per heavy atom. The van der Waals surface area contributed by atoms with Gasteiger partial charge in [-0.25, -0.2) is 0 Å². The van der Waals surface area contributed by atoms with Crippen molar-refractivity contribution in [1.82, 2.24) is 4.57 Å². The lowest BCUT2D eigenvalue weighted by Gasteiger charge is -2.23. The summed E-state index contributed by atoms with van der Waals surface area (Å²) < 4.78 is 2.61. The van der Waals surface area contributed by atoms with E-state index in [0.29, 0.717) is 6.04 Å². The summed E-state index contributed by atoms with van der Waals surface area (Å²) in [5.41, 5.74) is 4.82. The number of rotatable bonds is 1. The number of nitrogens with zero attached hydrogens (tertiary/aromatic N) is 1. The fourth-order valence-electron chi connectivity index (χ4n) is 4.39. The fourth-order valence-corrected chi connectivity index (χ4v) is 4.39. The summed E-state index contributed by atoms with van der Waals surface area (Å²) >= 11 is 0. The topological polar surface area (TPSA) is 4.93 Å². The van der Waals surface area contributed by atoms with Crippen LogP contribution in [0.15, 0.2) is 24.3 Å². The van der Waals surface area contributed by atoms with E-state index < -0.39 is 0 Å². The smallest absolute Gasteiger partial charge is 0.0487 e. The quantitative estimate of drug-likeness (QED) is 0.682. The maximum absolute atomic E-state index is 2.61. The van der Waals surface area contributed by atoms with Crippen molar-refractivity contribution < 1.29 is 0 Å². The first-order valence-electron chi connectivity index (χ1n) is 7.37. The van der Waals surface area contributed by atoms with Crippen molar-refractivity contribution in [2.24, 2.45) is 5.92 Å². The second-order valence-corrected chi connectivity index (χ2v) is 6.42. The zero-order valence-corrected chi connectivity index (χ0v) is 11.3. The van der Waals surface area contributed by atoms with Gasteiger partial charge in [0.25, 0.3) is 0 Å². The first-order valence-corrected chi connectivity index (χ1v) is 7.37. The molecule has 2 aromatic rings. The number of fused-ring (bicyclic) bond motifs is 6. The Hall–Kier alpha value is -1.24. The highest BCUT2D eigenvalue weighted by Gasteiger charge is 2.36. The molecule has 0 aliphatic heterocycles. The summed E-state index contributed by atoms with van der Waals surface area (Å²) in [4.78, 5) is 0. The molecule has 2 aliphatic carbocycles. The third kappa shape index (κ3) is 1.28. The molecule has 1 aromatic heterocycles. The molecule has 4 rings (SSSR count). The normalized spacial score (nSPS) is 25.9. The lowest BCUT2D eigenvalue weighted by molar-refractivity contribution is 0.473. The van der Waals surface area contributed by atoms with Gasteiger partial charge in [-0.05, 0) is 63.0 Å². The molecule has 18 heavy (non-hydrogen) atoms. The number of hydrogen-bond acceptors (Lipinski definition) is 0. The Bertz CT molecular complexity index is 605. The third-order valence-corrected chi connectivity index (χ3v) is 5.00. The van der Waals surface area contributed by atoms with Crippen molar-refractivity contribution in [2.45, 2.75) is 51.5 Å². The van der Waals surface area contributed by atoms with E-state index in [4.69, 9.17) is 0 Å². The van der Waals surface area contributed by atoms with Crippen LogP contribution in [0.1, 0.15) is 56.3 Å². The summed E-state index contributed by atoms with van der Waals surface area (Å²) in [5.74, 6) is 1.81. The van der Waals surface area contributed by atoms with E-state index in [0.717, 1.165) is 11.8 Å². The van der Waals surface area contributed by atoms with Crippen molar-refractivity contribution in [1.29, 1.82) is 0 Å². The zero-order chi connectivity index (χ0) is 12.3. The molecule has 0 spiro atoms. The molecule has 0 saturated heterocycles. The Labute approximate surface area is 109 Å². The van der Waals surface area contributed by atoms with E-state index in [1.54, 1.807) is 11.3 Å². The van der Waals surface area contributed by atoms with Gasteiger partial charge < -0.3 is 4.57 Å². The van der Waals surface area contributed by atoms with Gasteiger partial charge in [0.1, 0.15) is 0 Å². The molecule has 2 aliphatic rings. The van der Waals surface area contributed by atoms with Crippen molar-refractivity contribution in [3.8, 4) is 0 Å². The molecule has 1 fully saturated rings. The molecule has 2 unspecified atom stereocenters. The summed E-state index contributed by atoms with van der Waals surface area (Å²) in [7, 11) is 0. The Morgan fingerprint density at radius 2 is 2.00 bits per heavy atom. The Balaban J connectivity index is 2.08. The highest BCUT2D eigenvalue weighted by molar-refractivity contribution is 5.86. The monoisotopic (exact) mass is 239 g/mol. The molecule has 1 saturated carbocycles. The molecule has 0 N–H and O–H groups in total. The van der Waals surface area contributed by atoms with E-state index in [9.17, 15) is 0 Å². The van der Waals surface area contributed by atoms with Crippen molar-refractivity contribution in [3.05, 3.63) is 35.5 Å². The predicted octanol–water partition coefficient (Wildman–Crippen LogP) is 4.66. The van der Waals surface area contributed by atoms with Crippen LogP contribution in [0.2, 0.25) is 0 Å². The van der Waals surface area contributed by atoms with Crippen LogP contribution in [0.4, 0.5) is 0 Å². The van der Waals surface area contributed by atoms with Gasteiger partial charge in [-0.1, -0.05) is 18.2 Å². The van der Waals surface area contributed by atoms with Gasteiger partial charge >= 0.3 is 0 Å². The average Bonchev–Trinajstić information content (AvgIpc) is 2.88. The molecule has 0 radical (unpaired) electrons. The van der Waals surface area contributed by atoms with Gasteiger partial charge in [0.2, 0.25) is 0 Å². The SMILES string of the molecule is CC(C)n1c2c(c3ccccc31)C1CCC(C2)C1. The van der Waals surface area contributed by atoms with Crippen LogP contribution < -0.4 is 0 Å². The summed E-state index contributed by atoms with van der Waals surface area (Å²) in [6.07, 6.45) is 5.63. The summed E-state index contributed by atoms with van der Waals surface area (Å²) in [6, 6.07) is 9.61. The first-order chi connectivity index (χ1) is 8.75. The van der Waals surface area contributed by atoms with Crippen molar-refractivity contribution >= 4 is 10.9 Å². The minimum absolute atomic E-state index is 0.580. The van der Waals surface area contributed by atoms with Crippen LogP contribution in [0.3, 0.4) is 0 Å². The van der Waals surface area contributed by atoms with Crippen LogP contribution >= 0.6 is 0 Å². The molecular formula is C17H21N. The Kier molecular flexibility index (Phi) is 2.15. The number of aromatic nitrogens is 1. The van der Waals surface area contributed by atoms with E-state index in [1.165, 1.54) is 36.6 Å². The van der Waals surface area contributed by atoms with Crippen LogP contribution in [-0.4, -0.2) is 4.57 Å². The average molecular weight is 239 g/mol. The van der Waals surface area contributed by atoms with Crippen molar-refractivity contribution in [2.75, 3.05) is 0 Å². The fraction of sp³-hybridized carbons (Fsp3) is 0.529. The van der Waals surface area contributed by atoms with Gasteiger partial charge in [-0.2, -0.15) is 0 Å². The molecule has 2 bridgehead atoms. The molecular weight excluding hydrogens is 218 g/mol. The molecule has 0 amide bonds. The van der Waals surface area contributed by atoms with Crippen LogP contribution in [0.5, 0.6) is 0 Å². The van der Waals surface area contributed by atoms with E-state index in [-0.39, 0.29) is 0 Å². The van der Waals surface area contributed by atoms with Gasteiger partial charge in [0.05, 0.1) is 0 Å². The van der Waals surface area contributed by atoms with Gasteiger partial charge in [-0.3, -0.25) is 0 Å². The zero-order valence-electron chi connectivity index (χ0n) is 11.3. The highest BCUT2D eigenvalue weighted by Crippen LogP contribution is 2.50. The van der Waals surface area contributed by atoms with Gasteiger partial charge in [-0.15, -0.1) is 0 Å². The van der Waals surface area contributed by atoms with Crippen LogP contribution in [-0.2, 0) is 6.42 Å². The molecule has 94 valence electrons. The van der Waals surface area contributed by atoms with Gasteiger partial charge in [0, 0.05) is 22.6 Å². The summed E-state index contributed by atoms with van der Waals surface area (Å²) in [6.45, 7) is 4.65.